The molecular weight excluding hydrogens is 482 g/mol. The number of carboxylic acid groups (broad SMARTS) is 1. The lowest BCUT2D eigenvalue weighted by atomic mass is 9.79. The largest absolute Gasteiger partial charge is 0.497 e. The smallest absolute Gasteiger partial charge is 0.303 e. The highest BCUT2D eigenvalue weighted by atomic mass is 32.2. The third kappa shape index (κ3) is 6.73. The Morgan fingerprint density at radius 3 is 2.86 bits per heavy atom. The number of nitrogens with zero attached hydrogens (tertiary/aromatic N) is 2. The lowest BCUT2D eigenvalue weighted by Gasteiger charge is -2.38. The van der Waals surface area contributed by atoms with Crippen molar-refractivity contribution in [3.63, 3.8) is 0 Å². The molecule has 2 heterocycles. The van der Waals surface area contributed by atoms with Gasteiger partial charge in [-0.1, -0.05) is 12.1 Å². The van der Waals surface area contributed by atoms with E-state index < -0.39 is 12.1 Å². The molecule has 0 saturated carbocycles. The second-order valence-electron chi connectivity index (χ2n) is 9.31. The number of hydrogen-bond donors (Lipinski definition) is 1. The van der Waals surface area contributed by atoms with Crippen LogP contribution in [0.1, 0.15) is 37.4 Å². The number of rotatable bonds is 11. The average molecular weight is 515 g/mol. The van der Waals surface area contributed by atoms with Crippen molar-refractivity contribution >= 4 is 28.6 Å². The molecule has 8 heteroatoms. The van der Waals surface area contributed by atoms with Crippen molar-refractivity contribution in [2.45, 2.75) is 36.8 Å². The third-order valence-electron chi connectivity index (χ3n) is 7.02. The number of pyridine rings is 1. The third-order valence-corrected chi connectivity index (χ3v) is 8.05. The number of alkyl halides is 1. The lowest BCUT2D eigenvalue weighted by molar-refractivity contribution is -0.139. The Labute approximate surface area is 214 Å². The molecule has 1 aliphatic rings. The highest BCUT2D eigenvalue weighted by Crippen LogP contribution is 2.36. The second-order valence-corrected chi connectivity index (χ2v) is 10.5. The van der Waals surface area contributed by atoms with Crippen LogP contribution >= 0.6 is 11.8 Å². The first-order chi connectivity index (χ1) is 17.4. The second kappa shape index (κ2) is 12.5. The van der Waals surface area contributed by atoms with E-state index in [1.807, 2.05) is 24.3 Å². The summed E-state index contributed by atoms with van der Waals surface area (Å²) in [4.78, 5) is 18.8. The van der Waals surface area contributed by atoms with Crippen molar-refractivity contribution in [2.24, 2.45) is 11.8 Å². The van der Waals surface area contributed by atoms with Gasteiger partial charge in [0.1, 0.15) is 17.7 Å². The van der Waals surface area contributed by atoms with E-state index in [1.54, 1.807) is 31.5 Å². The normalized spacial score (nSPS) is 19.3. The van der Waals surface area contributed by atoms with E-state index in [-0.39, 0.29) is 24.1 Å². The molecule has 3 aromatic rings. The van der Waals surface area contributed by atoms with E-state index >= 15 is 4.39 Å². The molecule has 2 aromatic carbocycles. The molecule has 36 heavy (non-hydrogen) atoms. The van der Waals surface area contributed by atoms with Crippen LogP contribution in [-0.2, 0) is 4.79 Å². The Bertz CT molecular complexity index is 1180. The summed E-state index contributed by atoms with van der Waals surface area (Å²) < 4.78 is 34.6. The zero-order valence-electron chi connectivity index (χ0n) is 20.4. The number of hydrogen-bond acceptors (Lipinski definition) is 5. The molecule has 0 bridgehead atoms. The number of aliphatic carboxylic acids is 1. The highest BCUT2D eigenvalue weighted by Gasteiger charge is 2.31. The molecule has 4 rings (SSSR count). The monoisotopic (exact) mass is 514 g/mol. The van der Waals surface area contributed by atoms with Crippen molar-refractivity contribution in [1.82, 2.24) is 9.88 Å². The van der Waals surface area contributed by atoms with Crippen LogP contribution in [0, 0.1) is 17.7 Å². The Balaban J connectivity index is 1.35. The van der Waals surface area contributed by atoms with Crippen LogP contribution in [0.2, 0.25) is 0 Å². The zero-order chi connectivity index (χ0) is 25.5. The Morgan fingerprint density at radius 2 is 2.08 bits per heavy atom. The number of aromatic nitrogens is 1. The van der Waals surface area contributed by atoms with E-state index in [0.717, 1.165) is 36.2 Å². The number of methoxy groups -OCH3 is 1. The van der Waals surface area contributed by atoms with Crippen molar-refractivity contribution < 1.29 is 23.4 Å². The first-order valence-electron chi connectivity index (χ1n) is 12.3. The summed E-state index contributed by atoms with van der Waals surface area (Å²) >= 11 is 1.48. The first kappa shape index (κ1) is 26.4. The summed E-state index contributed by atoms with van der Waals surface area (Å²) in [6, 6.07) is 13.9. The van der Waals surface area contributed by atoms with Crippen molar-refractivity contribution in [3.8, 4) is 5.75 Å². The Hall–Kier alpha value is -2.71. The van der Waals surface area contributed by atoms with E-state index in [1.165, 1.54) is 17.8 Å². The molecule has 1 N–H and O–H groups in total. The topological polar surface area (TPSA) is 62.7 Å². The van der Waals surface area contributed by atoms with Crippen LogP contribution in [-0.4, -0.2) is 53.5 Å². The number of thioether (sulfide) groups is 1. The number of halogens is 2. The molecule has 1 aromatic heterocycles. The van der Waals surface area contributed by atoms with Crippen molar-refractivity contribution in [1.29, 1.82) is 0 Å². The number of benzene rings is 2. The van der Waals surface area contributed by atoms with Gasteiger partial charge in [-0.3, -0.25) is 9.78 Å². The Morgan fingerprint density at radius 1 is 1.25 bits per heavy atom. The van der Waals surface area contributed by atoms with Crippen molar-refractivity contribution in [3.05, 3.63) is 66.1 Å². The number of ether oxygens (including phenoxy) is 1. The van der Waals surface area contributed by atoms with Gasteiger partial charge in [-0.05, 0) is 79.6 Å². The minimum Gasteiger partial charge on any atom is -0.497 e. The summed E-state index contributed by atoms with van der Waals surface area (Å²) in [7, 11) is 1.58. The minimum absolute atomic E-state index is 0.0313. The first-order valence-corrected chi connectivity index (χ1v) is 13.3. The summed E-state index contributed by atoms with van der Waals surface area (Å²) in [5.74, 6) is 0.471. The summed E-state index contributed by atoms with van der Waals surface area (Å²) in [6.07, 6.45) is 2.34. The highest BCUT2D eigenvalue weighted by molar-refractivity contribution is 7.99. The molecule has 1 fully saturated rings. The quantitative estimate of drug-likeness (QED) is 0.300. The van der Waals surface area contributed by atoms with Crippen LogP contribution in [0.4, 0.5) is 8.78 Å². The van der Waals surface area contributed by atoms with Crippen molar-refractivity contribution in [2.75, 3.05) is 32.5 Å². The number of likely N-dealkylation sites (tertiary alicyclic amines) is 1. The minimum atomic E-state index is -1.16. The van der Waals surface area contributed by atoms with E-state index in [0.29, 0.717) is 35.6 Å². The molecule has 0 amide bonds. The molecule has 0 spiro atoms. The molecule has 192 valence electrons. The van der Waals surface area contributed by atoms with Gasteiger partial charge < -0.3 is 14.7 Å². The summed E-state index contributed by atoms with van der Waals surface area (Å²) in [6.45, 7) is 2.27. The van der Waals surface area contributed by atoms with Gasteiger partial charge in [0.05, 0.1) is 12.6 Å². The predicted octanol–water partition coefficient (Wildman–Crippen LogP) is 6.38. The molecule has 1 saturated heterocycles. The SMILES string of the molecule is COc1ccc2nccc([C@@H](F)CC[C@@H]3CCN(CCSc4ccccc4F)C[C@@H]3CC(=O)O)c2c1. The fourth-order valence-electron chi connectivity index (χ4n) is 5.10. The van der Waals surface area contributed by atoms with Gasteiger partial charge in [0, 0.05) is 41.7 Å². The average Bonchev–Trinajstić information content (AvgIpc) is 2.88. The van der Waals surface area contributed by atoms with Crippen LogP contribution in [0.25, 0.3) is 10.9 Å². The fourth-order valence-corrected chi connectivity index (χ4v) is 6.05. The summed E-state index contributed by atoms with van der Waals surface area (Å²) in [5, 5.41) is 10.2. The zero-order valence-corrected chi connectivity index (χ0v) is 21.2. The van der Waals surface area contributed by atoms with Gasteiger partial charge in [-0.25, -0.2) is 8.78 Å². The van der Waals surface area contributed by atoms with E-state index in [2.05, 4.69) is 9.88 Å². The van der Waals surface area contributed by atoms with Crippen LogP contribution < -0.4 is 4.74 Å². The predicted molar refractivity (Wildman–Crippen MR) is 139 cm³/mol. The lowest BCUT2D eigenvalue weighted by Crippen LogP contribution is -2.42. The number of piperidine rings is 1. The maximum atomic E-state index is 15.5. The molecule has 0 aliphatic carbocycles. The van der Waals surface area contributed by atoms with Gasteiger partial charge in [0.15, 0.2) is 0 Å². The fraction of sp³-hybridized carbons (Fsp3) is 0.429. The van der Waals surface area contributed by atoms with Gasteiger partial charge >= 0.3 is 5.97 Å². The molecule has 0 radical (unpaired) electrons. The molecule has 5 nitrogen and oxygen atoms in total. The van der Waals surface area contributed by atoms with E-state index in [9.17, 15) is 14.3 Å². The van der Waals surface area contributed by atoms with Crippen LogP contribution in [0.5, 0.6) is 5.75 Å². The van der Waals surface area contributed by atoms with E-state index in [4.69, 9.17) is 4.74 Å². The molecular formula is C28H32F2N2O3S. The maximum absolute atomic E-state index is 15.5. The number of carbonyl (C=O) groups is 1. The number of fused-ring (bicyclic) bond motifs is 1. The molecule has 0 unspecified atom stereocenters. The standard InChI is InChI=1S/C28H32F2N2O3S/c1-35-21-7-9-26-23(17-21)22(10-12-31-26)24(29)8-6-19-11-13-32(18-20(19)16-28(33)34)14-15-36-27-5-3-2-4-25(27)30/h2-5,7,9-10,12,17,19-20,24H,6,8,11,13-16,18H2,1H3,(H,33,34)/t19-,20+,24+/m1/s1. The number of carboxylic acids is 1. The summed E-state index contributed by atoms with van der Waals surface area (Å²) in [5.41, 5.74) is 1.32. The molecule has 1 aliphatic heterocycles. The van der Waals surface area contributed by atoms with Gasteiger partial charge in [-0.15, -0.1) is 11.8 Å². The van der Waals surface area contributed by atoms with Gasteiger partial charge in [0.25, 0.3) is 0 Å². The van der Waals surface area contributed by atoms with Gasteiger partial charge in [0.2, 0.25) is 0 Å². The maximum Gasteiger partial charge on any atom is 0.303 e. The molecule has 3 atom stereocenters. The Kier molecular flexibility index (Phi) is 9.15. The van der Waals surface area contributed by atoms with Gasteiger partial charge in [-0.2, -0.15) is 0 Å². The van der Waals surface area contributed by atoms with Crippen LogP contribution in [0.15, 0.2) is 59.6 Å². The van der Waals surface area contributed by atoms with Crippen LogP contribution in [0.3, 0.4) is 0 Å².